The van der Waals surface area contributed by atoms with Gasteiger partial charge >= 0.3 is 0 Å². The van der Waals surface area contributed by atoms with E-state index in [1.807, 2.05) is 23.1 Å². The van der Waals surface area contributed by atoms with Crippen LogP contribution in [-0.2, 0) is 4.79 Å². The summed E-state index contributed by atoms with van der Waals surface area (Å²) in [6.45, 7) is 6.73. The minimum atomic E-state index is -0.0759. The van der Waals surface area contributed by atoms with E-state index >= 15 is 0 Å². The number of nitrogens with one attached hydrogen (secondary N) is 2. The van der Waals surface area contributed by atoms with Crippen molar-refractivity contribution in [2.24, 2.45) is 5.92 Å². The van der Waals surface area contributed by atoms with Gasteiger partial charge in [0.15, 0.2) is 0 Å². The Bertz CT molecular complexity index is 1160. The third kappa shape index (κ3) is 4.04. The normalized spacial score (nSPS) is 21.9. The minimum Gasteiger partial charge on any atom is -0.488 e. The Morgan fingerprint density at radius 1 is 1.18 bits per heavy atom. The molecule has 2 aliphatic heterocycles. The quantitative estimate of drug-likeness (QED) is 0.606. The molecule has 1 aliphatic carbocycles. The van der Waals surface area contributed by atoms with Crippen LogP contribution in [0.1, 0.15) is 37.7 Å². The number of carbonyl (C=O) groups is 1. The van der Waals surface area contributed by atoms with Crippen LogP contribution in [0, 0.1) is 5.92 Å². The molecule has 172 valence electrons. The van der Waals surface area contributed by atoms with E-state index in [4.69, 9.17) is 9.72 Å². The van der Waals surface area contributed by atoms with Crippen molar-refractivity contribution in [3.8, 4) is 17.0 Å². The molecule has 0 spiro atoms. The van der Waals surface area contributed by atoms with Crippen molar-refractivity contribution in [3.05, 3.63) is 42.4 Å². The van der Waals surface area contributed by atoms with E-state index < -0.39 is 0 Å². The molecule has 5 heterocycles. The third-order valence-electron chi connectivity index (χ3n) is 7.13. The van der Waals surface area contributed by atoms with Gasteiger partial charge in [0.1, 0.15) is 17.4 Å². The lowest BCUT2D eigenvalue weighted by atomic mass is 10.0. The van der Waals surface area contributed by atoms with Crippen molar-refractivity contribution in [3.63, 3.8) is 0 Å². The fourth-order valence-corrected chi connectivity index (χ4v) is 4.95. The first-order valence-electron chi connectivity index (χ1n) is 12.0. The highest BCUT2D eigenvalue weighted by Gasteiger charge is 2.31. The fourth-order valence-electron chi connectivity index (χ4n) is 4.95. The van der Waals surface area contributed by atoms with Gasteiger partial charge in [-0.15, -0.1) is 0 Å². The summed E-state index contributed by atoms with van der Waals surface area (Å²) >= 11 is 0. The van der Waals surface area contributed by atoms with Gasteiger partial charge in [-0.3, -0.25) is 9.78 Å². The average molecular weight is 447 g/mol. The first kappa shape index (κ1) is 20.5. The zero-order chi connectivity index (χ0) is 22.4. The summed E-state index contributed by atoms with van der Waals surface area (Å²) in [6.07, 6.45) is 8.83. The molecule has 33 heavy (non-hydrogen) atoms. The van der Waals surface area contributed by atoms with E-state index in [0.29, 0.717) is 18.9 Å². The van der Waals surface area contributed by atoms with Crippen molar-refractivity contribution in [1.82, 2.24) is 25.2 Å². The topological polar surface area (TPSA) is 83.8 Å². The van der Waals surface area contributed by atoms with Crippen molar-refractivity contribution in [2.45, 2.75) is 38.2 Å². The van der Waals surface area contributed by atoms with Crippen molar-refractivity contribution >= 4 is 17.1 Å². The Kier molecular flexibility index (Phi) is 5.17. The molecule has 1 amide bonds. The monoisotopic (exact) mass is 446 g/mol. The zero-order valence-corrected chi connectivity index (χ0v) is 19.0. The average Bonchev–Trinajstić information content (AvgIpc) is 3.45. The number of rotatable bonds is 6. The van der Waals surface area contributed by atoms with E-state index in [0.717, 1.165) is 54.4 Å². The molecule has 6 rings (SSSR count). The number of aromatic nitrogens is 3. The number of hydrogen-bond acceptors (Lipinski definition) is 6. The largest absolute Gasteiger partial charge is 0.488 e. The maximum Gasteiger partial charge on any atom is 0.220 e. The maximum absolute atomic E-state index is 11.7. The summed E-state index contributed by atoms with van der Waals surface area (Å²) in [4.78, 5) is 18.9. The fraction of sp³-hybridized carbons (Fsp3) is 0.480. The number of carbonyl (C=O) groups excluding carboxylic acids is 1. The van der Waals surface area contributed by atoms with Crippen LogP contribution >= 0.6 is 0 Å². The van der Waals surface area contributed by atoms with Crippen LogP contribution in [0.25, 0.3) is 16.8 Å². The molecule has 3 aromatic rings. The highest BCUT2D eigenvalue weighted by molar-refractivity contribution is 5.78. The number of ether oxygens (including phenoxy) is 1. The SMILES string of the molecule is CC(Oc1cc(-c2ccc(N3CCNCC3)cn2)cn2ncc(C3CC3)c12)C1CNC(=O)C1. The third-order valence-corrected chi connectivity index (χ3v) is 7.13. The molecule has 2 unspecified atom stereocenters. The van der Waals surface area contributed by atoms with E-state index in [2.05, 4.69) is 45.8 Å². The number of anilines is 1. The van der Waals surface area contributed by atoms with Crippen molar-refractivity contribution < 1.29 is 9.53 Å². The summed E-state index contributed by atoms with van der Waals surface area (Å²) in [5.41, 5.74) is 5.33. The van der Waals surface area contributed by atoms with Crippen molar-refractivity contribution in [1.29, 1.82) is 0 Å². The summed E-state index contributed by atoms with van der Waals surface area (Å²) in [5, 5.41) is 11.0. The first-order valence-corrected chi connectivity index (χ1v) is 12.0. The lowest BCUT2D eigenvalue weighted by Crippen LogP contribution is -2.43. The molecule has 1 saturated carbocycles. The molecule has 2 N–H and O–H groups in total. The van der Waals surface area contributed by atoms with Gasteiger partial charge in [-0.2, -0.15) is 5.10 Å². The van der Waals surface area contributed by atoms with Crippen LogP contribution in [0.15, 0.2) is 36.8 Å². The Morgan fingerprint density at radius 3 is 2.73 bits per heavy atom. The Morgan fingerprint density at radius 2 is 2.03 bits per heavy atom. The molecule has 8 heteroatoms. The van der Waals surface area contributed by atoms with Crippen LogP contribution in [0.2, 0.25) is 0 Å². The molecule has 0 bridgehead atoms. The Hall–Kier alpha value is -3.13. The van der Waals surface area contributed by atoms with E-state index in [1.54, 1.807) is 0 Å². The molecule has 0 radical (unpaired) electrons. The summed E-state index contributed by atoms with van der Waals surface area (Å²) in [7, 11) is 0. The molecular weight excluding hydrogens is 416 g/mol. The van der Waals surface area contributed by atoms with Crippen LogP contribution in [0.5, 0.6) is 5.75 Å². The van der Waals surface area contributed by atoms with Gasteiger partial charge < -0.3 is 20.3 Å². The highest BCUT2D eigenvalue weighted by atomic mass is 16.5. The van der Waals surface area contributed by atoms with Gasteiger partial charge in [0, 0.05) is 62.4 Å². The summed E-state index contributed by atoms with van der Waals surface area (Å²) < 4.78 is 8.46. The van der Waals surface area contributed by atoms with E-state index in [9.17, 15) is 4.79 Å². The molecule has 2 atom stereocenters. The summed E-state index contributed by atoms with van der Waals surface area (Å²) in [6, 6.07) is 6.32. The summed E-state index contributed by atoms with van der Waals surface area (Å²) in [5.74, 6) is 1.67. The van der Waals surface area contributed by atoms with Crippen LogP contribution < -0.4 is 20.3 Å². The van der Waals surface area contributed by atoms with Gasteiger partial charge in [0.25, 0.3) is 0 Å². The number of hydrogen-bond donors (Lipinski definition) is 2. The molecular formula is C25H30N6O2. The van der Waals surface area contributed by atoms with Gasteiger partial charge in [-0.05, 0) is 43.9 Å². The predicted octanol–water partition coefficient (Wildman–Crippen LogP) is 2.59. The number of piperazine rings is 1. The molecule has 0 aromatic carbocycles. The molecule has 2 saturated heterocycles. The van der Waals surface area contributed by atoms with Gasteiger partial charge in [0.2, 0.25) is 5.91 Å². The second-order valence-corrected chi connectivity index (χ2v) is 9.49. The smallest absolute Gasteiger partial charge is 0.220 e. The van der Waals surface area contributed by atoms with Gasteiger partial charge in [-0.25, -0.2) is 4.52 Å². The van der Waals surface area contributed by atoms with Crippen molar-refractivity contribution in [2.75, 3.05) is 37.6 Å². The van der Waals surface area contributed by atoms with E-state index in [-0.39, 0.29) is 17.9 Å². The molecule has 8 nitrogen and oxygen atoms in total. The molecule has 3 aromatic heterocycles. The van der Waals surface area contributed by atoms with E-state index in [1.165, 1.54) is 18.4 Å². The molecule has 3 aliphatic rings. The lowest BCUT2D eigenvalue weighted by Gasteiger charge is -2.29. The second kappa shape index (κ2) is 8.33. The zero-order valence-electron chi connectivity index (χ0n) is 19.0. The van der Waals surface area contributed by atoms with Crippen LogP contribution in [0.4, 0.5) is 5.69 Å². The number of pyridine rings is 2. The van der Waals surface area contributed by atoms with Crippen LogP contribution in [0.3, 0.4) is 0 Å². The van der Waals surface area contributed by atoms with Crippen LogP contribution in [-0.4, -0.2) is 59.3 Å². The number of fused-ring (bicyclic) bond motifs is 1. The van der Waals surface area contributed by atoms with Gasteiger partial charge in [-0.1, -0.05) is 0 Å². The maximum atomic E-state index is 11.7. The lowest BCUT2D eigenvalue weighted by molar-refractivity contribution is -0.119. The predicted molar refractivity (Wildman–Crippen MR) is 127 cm³/mol. The first-order chi connectivity index (χ1) is 16.2. The number of amides is 1. The second-order valence-electron chi connectivity index (χ2n) is 9.49. The highest BCUT2D eigenvalue weighted by Crippen LogP contribution is 2.44. The van der Waals surface area contributed by atoms with Gasteiger partial charge in [0.05, 0.1) is 23.8 Å². The standard InChI is InChI=1S/C25H30N6O2/c1-16(18-11-24(32)28-12-18)33-23-10-19(15-31-25(23)21(14-29-31)17-2-3-17)22-5-4-20(13-27-22)30-8-6-26-7-9-30/h4-5,10,13-18,26H,2-3,6-9,11-12H2,1H3,(H,28,32). The Labute approximate surface area is 193 Å². The molecule has 3 fully saturated rings. The minimum absolute atomic E-state index is 0.0759. The number of nitrogens with zero attached hydrogens (tertiary/aromatic N) is 4. The Balaban J connectivity index is 1.33.